The summed E-state index contributed by atoms with van der Waals surface area (Å²) < 4.78 is 10.2. The molecule has 4 heteroatoms. The van der Waals surface area contributed by atoms with E-state index in [4.69, 9.17) is 9.47 Å². The van der Waals surface area contributed by atoms with Gasteiger partial charge in [0.15, 0.2) is 11.7 Å². The van der Waals surface area contributed by atoms with Crippen molar-refractivity contribution in [1.29, 1.82) is 0 Å². The second-order valence-corrected chi connectivity index (χ2v) is 3.81. The van der Waals surface area contributed by atoms with Crippen molar-refractivity contribution in [3.05, 3.63) is 12.5 Å². The molecular weight excluding hydrogens is 194 g/mol. The van der Waals surface area contributed by atoms with Gasteiger partial charge in [-0.2, -0.15) is 0 Å². The number of rotatable bonds is 5. The Balaban J connectivity index is 2.55. The van der Waals surface area contributed by atoms with Crippen LogP contribution in [0.4, 0.5) is 0 Å². The second-order valence-electron chi connectivity index (χ2n) is 3.81. The summed E-state index contributed by atoms with van der Waals surface area (Å²) in [5.74, 6) is 0.893. The Kier molecular flexibility index (Phi) is 4.62. The molecule has 0 aromatic rings. The lowest BCUT2D eigenvalue weighted by Gasteiger charge is -2.29. The van der Waals surface area contributed by atoms with Crippen LogP contribution in [0.5, 0.6) is 0 Å². The summed E-state index contributed by atoms with van der Waals surface area (Å²) in [6, 6.07) is -0.193. The summed E-state index contributed by atoms with van der Waals surface area (Å²) in [5.41, 5.74) is 0. The molecule has 4 nitrogen and oxygen atoms in total. The van der Waals surface area contributed by atoms with Crippen molar-refractivity contribution in [1.82, 2.24) is 5.32 Å². The minimum Gasteiger partial charge on any atom is -0.483 e. The molecule has 1 aliphatic heterocycles. The molecule has 15 heavy (non-hydrogen) atoms. The molecule has 0 bridgehead atoms. The zero-order valence-electron chi connectivity index (χ0n) is 9.41. The molecule has 1 rings (SSSR count). The van der Waals surface area contributed by atoms with Gasteiger partial charge in [0, 0.05) is 13.2 Å². The Morgan fingerprint density at radius 1 is 1.53 bits per heavy atom. The van der Waals surface area contributed by atoms with E-state index in [1.165, 1.54) is 7.11 Å². The smallest absolute Gasteiger partial charge is 0.179 e. The molecule has 0 aromatic heterocycles. The largest absolute Gasteiger partial charge is 0.483 e. The van der Waals surface area contributed by atoms with Gasteiger partial charge in [-0.1, -0.05) is 0 Å². The highest BCUT2D eigenvalue weighted by molar-refractivity contribution is 5.82. The lowest BCUT2D eigenvalue weighted by Crippen LogP contribution is -2.43. The highest BCUT2D eigenvalue weighted by Gasteiger charge is 2.27. The van der Waals surface area contributed by atoms with Gasteiger partial charge in [0.1, 0.15) is 0 Å². The topological polar surface area (TPSA) is 47.6 Å². The summed E-state index contributed by atoms with van der Waals surface area (Å²) >= 11 is 0. The first-order valence-corrected chi connectivity index (χ1v) is 5.22. The number of ether oxygens (including phenoxy) is 2. The first-order chi connectivity index (χ1) is 7.15. The van der Waals surface area contributed by atoms with Crippen LogP contribution in [0.3, 0.4) is 0 Å². The van der Waals surface area contributed by atoms with Crippen LogP contribution in [0.25, 0.3) is 0 Å². The van der Waals surface area contributed by atoms with E-state index in [-0.39, 0.29) is 11.8 Å². The van der Waals surface area contributed by atoms with Gasteiger partial charge in [0.05, 0.1) is 13.2 Å². The minimum atomic E-state index is -0.193. The van der Waals surface area contributed by atoms with Crippen molar-refractivity contribution in [2.45, 2.75) is 25.8 Å². The number of nitrogens with one attached hydrogen (secondary N) is 1. The van der Waals surface area contributed by atoms with E-state index in [0.717, 1.165) is 26.1 Å². The van der Waals surface area contributed by atoms with E-state index >= 15 is 0 Å². The summed E-state index contributed by atoms with van der Waals surface area (Å²) in [5, 5.41) is 3.01. The van der Waals surface area contributed by atoms with E-state index in [1.54, 1.807) is 6.92 Å². The highest BCUT2D eigenvalue weighted by Crippen LogP contribution is 2.20. The Morgan fingerprint density at radius 3 is 2.60 bits per heavy atom. The van der Waals surface area contributed by atoms with Crippen LogP contribution in [0.15, 0.2) is 12.5 Å². The van der Waals surface area contributed by atoms with Crippen molar-refractivity contribution in [2.75, 3.05) is 20.3 Å². The standard InChI is InChI=1S/C11H19NO3/c1-8(13)11(12-9(2)14-3)10-4-6-15-7-5-10/h10-12H,2,4-7H2,1,3H3/t11-/m0/s1. The predicted molar refractivity (Wildman–Crippen MR) is 57.3 cm³/mol. The van der Waals surface area contributed by atoms with Crippen molar-refractivity contribution >= 4 is 5.78 Å². The molecule has 0 unspecified atom stereocenters. The molecule has 0 aliphatic carbocycles. The molecule has 0 aromatic carbocycles. The van der Waals surface area contributed by atoms with E-state index in [9.17, 15) is 4.79 Å². The third-order valence-corrected chi connectivity index (χ3v) is 2.74. The second kappa shape index (κ2) is 5.75. The number of methoxy groups -OCH3 is 1. The molecule has 1 aliphatic rings. The molecule has 1 N–H and O–H groups in total. The Labute approximate surface area is 90.6 Å². The van der Waals surface area contributed by atoms with Gasteiger partial charge in [-0.05, 0) is 32.3 Å². The highest BCUT2D eigenvalue weighted by atomic mass is 16.5. The zero-order valence-corrected chi connectivity index (χ0v) is 9.41. The fraction of sp³-hybridized carbons (Fsp3) is 0.727. The molecule has 0 spiro atoms. The quantitative estimate of drug-likeness (QED) is 0.694. The van der Waals surface area contributed by atoms with Crippen LogP contribution < -0.4 is 5.32 Å². The third-order valence-electron chi connectivity index (χ3n) is 2.74. The van der Waals surface area contributed by atoms with Crippen molar-refractivity contribution in [2.24, 2.45) is 5.92 Å². The van der Waals surface area contributed by atoms with Crippen LogP contribution in [-0.2, 0) is 14.3 Å². The van der Waals surface area contributed by atoms with Gasteiger partial charge in [-0.3, -0.25) is 4.79 Å². The SMILES string of the molecule is C=C(N[C@@H](C(C)=O)C1CCOCC1)OC. The molecule has 0 amide bonds. The average Bonchev–Trinajstić information content (AvgIpc) is 2.26. The molecular formula is C11H19NO3. The van der Waals surface area contributed by atoms with Gasteiger partial charge in [-0.25, -0.2) is 0 Å². The van der Waals surface area contributed by atoms with Crippen LogP contribution in [0, 0.1) is 5.92 Å². The molecule has 1 saturated heterocycles. The van der Waals surface area contributed by atoms with E-state index < -0.39 is 0 Å². The van der Waals surface area contributed by atoms with Gasteiger partial charge in [-0.15, -0.1) is 0 Å². The normalized spacial score (nSPS) is 19.3. The number of hydrogen-bond acceptors (Lipinski definition) is 4. The first kappa shape index (κ1) is 12.0. The van der Waals surface area contributed by atoms with Gasteiger partial charge in [0.25, 0.3) is 0 Å². The predicted octanol–water partition coefficient (Wildman–Crippen LogP) is 1.08. The Morgan fingerprint density at radius 2 is 2.13 bits per heavy atom. The monoisotopic (exact) mass is 213 g/mol. The summed E-state index contributed by atoms with van der Waals surface area (Å²) in [6.45, 7) is 6.73. The number of Topliss-reactive ketones (excluding diaryl/α,β-unsaturated/α-hetero) is 1. The fourth-order valence-corrected chi connectivity index (χ4v) is 1.83. The Bertz CT molecular complexity index is 234. The fourth-order valence-electron chi connectivity index (χ4n) is 1.83. The van der Waals surface area contributed by atoms with Crippen LogP contribution in [-0.4, -0.2) is 32.1 Å². The van der Waals surface area contributed by atoms with Gasteiger partial charge < -0.3 is 14.8 Å². The minimum absolute atomic E-state index is 0.125. The summed E-state index contributed by atoms with van der Waals surface area (Å²) in [6.07, 6.45) is 1.82. The number of ketones is 1. The maximum Gasteiger partial charge on any atom is 0.179 e. The average molecular weight is 213 g/mol. The van der Waals surface area contributed by atoms with Gasteiger partial charge >= 0.3 is 0 Å². The zero-order chi connectivity index (χ0) is 11.3. The molecule has 1 atom stereocenters. The lowest BCUT2D eigenvalue weighted by atomic mass is 9.89. The molecule has 86 valence electrons. The molecule has 0 saturated carbocycles. The lowest BCUT2D eigenvalue weighted by molar-refractivity contribution is -0.121. The maximum absolute atomic E-state index is 11.5. The maximum atomic E-state index is 11.5. The number of carbonyl (C=O) groups excluding carboxylic acids is 1. The molecule has 1 fully saturated rings. The summed E-state index contributed by atoms with van der Waals surface area (Å²) in [4.78, 5) is 11.5. The first-order valence-electron chi connectivity index (χ1n) is 5.22. The third kappa shape index (κ3) is 3.55. The number of carbonyl (C=O) groups is 1. The van der Waals surface area contributed by atoms with E-state index in [2.05, 4.69) is 11.9 Å². The molecule has 0 radical (unpaired) electrons. The van der Waals surface area contributed by atoms with Crippen LogP contribution in [0.1, 0.15) is 19.8 Å². The van der Waals surface area contributed by atoms with E-state index in [0.29, 0.717) is 11.8 Å². The van der Waals surface area contributed by atoms with Gasteiger partial charge in [0.2, 0.25) is 0 Å². The van der Waals surface area contributed by atoms with Crippen molar-refractivity contribution < 1.29 is 14.3 Å². The molecule has 1 heterocycles. The van der Waals surface area contributed by atoms with Crippen molar-refractivity contribution in [3.63, 3.8) is 0 Å². The van der Waals surface area contributed by atoms with Crippen LogP contribution in [0.2, 0.25) is 0 Å². The van der Waals surface area contributed by atoms with E-state index in [1.807, 2.05) is 0 Å². The number of hydrogen-bond donors (Lipinski definition) is 1. The van der Waals surface area contributed by atoms with Crippen LogP contribution >= 0.6 is 0 Å². The van der Waals surface area contributed by atoms with Crippen molar-refractivity contribution in [3.8, 4) is 0 Å². The Hall–Kier alpha value is -1.03. The summed E-state index contributed by atoms with van der Waals surface area (Å²) in [7, 11) is 1.54.